The summed E-state index contributed by atoms with van der Waals surface area (Å²) in [5, 5.41) is 23.5. The summed E-state index contributed by atoms with van der Waals surface area (Å²) in [5.41, 5.74) is 0.744. The van der Waals surface area contributed by atoms with Gasteiger partial charge in [0.15, 0.2) is 11.5 Å². The average Bonchev–Trinajstić information content (AvgIpc) is 3.10. The Balaban J connectivity index is 1.70. The molecule has 0 aromatic heterocycles. The van der Waals surface area contributed by atoms with Crippen molar-refractivity contribution in [3.8, 4) is 17.6 Å². The maximum atomic E-state index is 12.2. The molecule has 0 radical (unpaired) electrons. The molecule has 0 saturated carbocycles. The monoisotopic (exact) mass is 351 g/mol. The van der Waals surface area contributed by atoms with Gasteiger partial charge >= 0.3 is 5.97 Å². The molecule has 1 amide bonds. The van der Waals surface area contributed by atoms with Gasteiger partial charge in [-0.2, -0.15) is 5.26 Å². The zero-order valence-corrected chi connectivity index (χ0v) is 13.4. The van der Waals surface area contributed by atoms with Gasteiger partial charge in [-0.15, -0.1) is 0 Å². The molecule has 1 aliphatic heterocycles. The van der Waals surface area contributed by atoms with Crippen LogP contribution in [0, 0.1) is 11.3 Å². The molecule has 2 aromatic carbocycles. The molecule has 3 rings (SSSR count). The Morgan fingerprint density at radius 1 is 1.12 bits per heavy atom. The van der Waals surface area contributed by atoms with Crippen molar-refractivity contribution in [3.05, 3.63) is 59.8 Å². The van der Waals surface area contributed by atoms with Crippen LogP contribution in [0.25, 0.3) is 0 Å². The molecule has 3 N–H and O–H groups in total. The molecule has 0 unspecified atom stereocenters. The van der Waals surface area contributed by atoms with Gasteiger partial charge in [-0.05, 0) is 30.3 Å². The van der Waals surface area contributed by atoms with Crippen LogP contribution < -0.4 is 20.1 Å². The molecule has 0 bridgehead atoms. The highest BCUT2D eigenvalue weighted by Crippen LogP contribution is 2.34. The number of carboxylic acids is 1. The molecule has 0 spiro atoms. The van der Waals surface area contributed by atoms with Crippen molar-refractivity contribution in [3.63, 3.8) is 0 Å². The maximum absolute atomic E-state index is 12.2. The van der Waals surface area contributed by atoms with Crippen LogP contribution in [0.1, 0.15) is 10.4 Å². The van der Waals surface area contributed by atoms with Gasteiger partial charge in [0.1, 0.15) is 11.6 Å². The molecule has 0 atom stereocenters. The van der Waals surface area contributed by atoms with Gasteiger partial charge < -0.3 is 25.2 Å². The summed E-state index contributed by atoms with van der Waals surface area (Å²) in [7, 11) is 0. The van der Waals surface area contributed by atoms with Crippen LogP contribution in [0.2, 0.25) is 0 Å². The van der Waals surface area contributed by atoms with Crippen molar-refractivity contribution in [2.24, 2.45) is 0 Å². The average molecular weight is 351 g/mol. The molecule has 8 heteroatoms. The van der Waals surface area contributed by atoms with E-state index in [0.717, 1.165) is 0 Å². The number of amides is 1. The Hall–Kier alpha value is -3.99. The number of anilines is 2. The molecule has 0 saturated heterocycles. The zero-order valence-electron chi connectivity index (χ0n) is 13.4. The molecule has 130 valence electrons. The van der Waals surface area contributed by atoms with Gasteiger partial charge in [0.2, 0.25) is 6.79 Å². The summed E-state index contributed by atoms with van der Waals surface area (Å²) in [6, 6.07) is 12.6. The number of fused-ring (bicyclic) bond motifs is 1. The fourth-order valence-electron chi connectivity index (χ4n) is 2.22. The van der Waals surface area contributed by atoms with Gasteiger partial charge in [0.05, 0.1) is 5.56 Å². The minimum atomic E-state index is -1.11. The number of benzene rings is 2. The smallest absolute Gasteiger partial charge is 0.335 e. The molecule has 1 heterocycles. The number of hydrogen-bond donors (Lipinski definition) is 3. The number of carbonyl (C=O) groups excluding carboxylic acids is 1. The minimum Gasteiger partial charge on any atom is -0.478 e. The summed E-state index contributed by atoms with van der Waals surface area (Å²) < 4.78 is 10.5. The number of ether oxygens (including phenoxy) is 2. The molecule has 0 aliphatic carbocycles. The van der Waals surface area contributed by atoms with Gasteiger partial charge in [0, 0.05) is 23.6 Å². The van der Waals surface area contributed by atoms with E-state index < -0.39 is 11.9 Å². The zero-order chi connectivity index (χ0) is 18.5. The fourth-order valence-corrected chi connectivity index (χ4v) is 2.22. The minimum absolute atomic E-state index is 0.0313. The lowest BCUT2D eigenvalue weighted by atomic mass is 10.2. The van der Waals surface area contributed by atoms with Crippen LogP contribution in [0.15, 0.2) is 54.2 Å². The molecular formula is C18H13N3O5. The second-order valence-electron chi connectivity index (χ2n) is 5.22. The first-order valence-electron chi connectivity index (χ1n) is 7.48. The Morgan fingerprint density at radius 2 is 1.92 bits per heavy atom. The lowest BCUT2D eigenvalue weighted by molar-refractivity contribution is -0.112. The van der Waals surface area contributed by atoms with Crippen LogP contribution in [0.4, 0.5) is 11.4 Å². The predicted molar refractivity (Wildman–Crippen MR) is 91.9 cm³/mol. The van der Waals surface area contributed by atoms with Crippen molar-refractivity contribution in [2.75, 3.05) is 17.4 Å². The first-order valence-corrected chi connectivity index (χ1v) is 7.48. The van der Waals surface area contributed by atoms with Crippen LogP contribution in [0.3, 0.4) is 0 Å². The van der Waals surface area contributed by atoms with E-state index in [1.165, 1.54) is 30.5 Å². The van der Waals surface area contributed by atoms with Crippen LogP contribution >= 0.6 is 0 Å². The van der Waals surface area contributed by atoms with Crippen molar-refractivity contribution in [2.45, 2.75) is 0 Å². The Bertz CT molecular complexity index is 946. The lowest BCUT2D eigenvalue weighted by Crippen LogP contribution is -2.15. The molecular weight excluding hydrogens is 338 g/mol. The topological polar surface area (TPSA) is 121 Å². The highest BCUT2D eigenvalue weighted by Gasteiger charge is 2.14. The quantitative estimate of drug-likeness (QED) is 0.559. The van der Waals surface area contributed by atoms with Gasteiger partial charge in [-0.1, -0.05) is 6.07 Å². The number of hydrogen-bond acceptors (Lipinski definition) is 6. The molecule has 0 fully saturated rings. The van der Waals surface area contributed by atoms with Crippen LogP contribution in [-0.2, 0) is 4.79 Å². The standard InChI is InChI=1S/C18H13N3O5/c19-8-12(9-20-13-4-5-15-16(7-13)26-10-25-15)17(22)21-14-3-1-2-11(6-14)18(23)24/h1-7,9,20H,10H2,(H,21,22)(H,23,24)/b12-9-. The van der Waals surface area contributed by atoms with Crippen molar-refractivity contribution < 1.29 is 24.2 Å². The fraction of sp³-hybridized carbons (Fsp3) is 0.0556. The van der Waals surface area contributed by atoms with E-state index in [-0.39, 0.29) is 23.6 Å². The van der Waals surface area contributed by atoms with Crippen LogP contribution in [-0.4, -0.2) is 23.8 Å². The number of carboxylic acid groups (broad SMARTS) is 1. The Morgan fingerprint density at radius 3 is 2.69 bits per heavy atom. The largest absolute Gasteiger partial charge is 0.478 e. The van der Waals surface area contributed by atoms with E-state index in [0.29, 0.717) is 17.2 Å². The number of nitriles is 1. The van der Waals surface area contributed by atoms with E-state index in [4.69, 9.17) is 14.6 Å². The number of nitrogens with one attached hydrogen (secondary N) is 2. The second-order valence-corrected chi connectivity index (χ2v) is 5.22. The van der Waals surface area contributed by atoms with E-state index in [2.05, 4.69) is 10.6 Å². The van der Waals surface area contributed by atoms with E-state index >= 15 is 0 Å². The third-order valence-corrected chi connectivity index (χ3v) is 3.49. The highest BCUT2D eigenvalue weighted by atomic mass is 16.7. The molecule has 26 heavy (non-hydrogen) atoms. The lowest BCUT2D eigenvalue weighted by Gasteiger charge is -2.06. The van der Waals surface area contributed by atoms with Gasteiger partial charge in [0.25, 0.3) is 5.91 Å². The first kappa shape index (κ1) is 16.9. The summed E-state index contributed by atoms with van der Waals surface area (Å²) in [4.78, 5) is 23.2. The van der Waals surface area contributed by atoms with Gasteiger partial charge in [-0.3, -0.25) is 4.79 Å². The Kier molecular flexibility index (Phi) is 4.71. The van der Waals surface area contributed by atoms with Crippen molar-refractivity contribution >= 4 is 23.3 Å². The van der Waals surface area contributed by atoms with E-state index in [1.54, 1.807) is 24.3 Å². The number of aromatic carboxylic acids is 1. The Labute approximate surface area is 148 Å². The third kappa shape index (κ3) is 3.73. The number of nitrogens with zero attached hydrogens (tertiary/aromatic N) is 1. The SMILES string of the molecule is N#C/C(=C/Nc1ccc2c(c1)OCO2)C(=O)Nc1cccc(C(=O)O)c1. The van der Waals surface area contributed by atoms with Crippen molar-refractivity contribution in [1.29, 1.82) is 5.26 Å². The van der Waals surface area contributed by atoms with E-state index in [1.807, 2.05) is 0 Å². The highest BCUT2D eigenvalue weighted by molar-refractivity contribution is 6.07. The predicted octanol–water partition coefficient (Wildman–Crippen LogP) is 2.57. The summed E-state index contributed by atoms with van der Waals surface area (Å²) >= 11 is 0. The number of rotatable bonds is 5. The molecule has 8 nitrogen and oxygen atoms in total. The molecule has 1 aliphatic rings. The van der Waals surface area contributed by atoms with Crippen LogP contribution in [0.5, 0.6) is 11.5 Å². The number of carbonyl (C=O) groups is 2. The second kappa shape index (κ2) is 7.27. The third-order valence-electron chi connectivity index (χ3n) is 3.49. The molecule has 2 aromatic rings. The maximum Gasteiger partial charge on any atom is 0.335 e. The van der Waals surface area contributed by atoms with Gasteiger partial charge in [-0.25, -0.2) is 4.79 Å². The van der Waals surface area contributed by atoms with Crippen molar-refractivity contribution in [1.82, 2.24) is 0 Å². The first-order chi connectivity index (χ1) is 12.6. The summed E-state index contributed by atoms with van der Waals surface area (Å²) in [5.74, 6) is -0.585. The summed E-state index contributed by atoms with van der Waals surface area (Å²) in [6.45, 7) is 0.149. The summed E-state index contributed by atoms with van der Waals surface area (Å²) in [6.07, 6.45) is 1.26. The van der Waals surface area contributed by atoms with E-state index in [9.17, 15) is 14.9 Å². The normalized spacial score (nSPS) is 12.2.